The van der Waals surface area contributed by atoms with Crippen molar-refractivity contribution < 1.29 is 5.11 Å². The third-order valence-corrected chi connectivity index (χ3v) is 2.19. The van der Waals surface area contributed by atoms with Gasteiger partial charge in [0.2, 0.25) is 0 Å². The quantitative estimate of drug-likeness (QED) is 0.471. The van der Waals surface area contributed by atoms with Gasteiger partial charge < -0.3 is 5.11 Å². The molecule has 0 unspecified atom stereocenters. The lowest BCUT2D eigenvalue weighted by Crippen LogP contribution is -2.33. The Morgan fingerprint density at radius 1 is 1.67 bits per heavy atom. The van der Waals surface area contributed by atoms with Crippen LogP contribution in [0.25, 0.3) is 0 Å². The zero-order valence-electron chi connectivity index (χ0n) is 6.51. The maximum absolute atomic E-state index is 9.45. The van der Waals surface area contributed by atoms with E-state index >= 15 is 0 Å². The van der Waals surface area contributed by atoms with E-state index in [0.717, 1.165) is 0 Å². The van der Waals surface area contributed by atoms with Gasteiger partial charge >= 0.3 is 0 Å². The number of alkyl halides is 1. The van der Waals surface area contributed by atoms with E-state index in [4.69, 9.17) is 23.2 Å². The number of halogens is 2. The average molecular weight is 203 g/mol. The molecule has 0 saturated heterocycles. The number of allylic oxidation sites excluding steroid dienone is 2. The van der Waals surface area contributed by atoms with Crippen molar-refractivity contribution >= 4 is 23.2 Å². The zero-order valence-corrected chi connectivity index (χ0v) is 8.02. The molecule has 0 bridgehead atoms. The molecule has 1 aliphatic rings. The van der Waals surface area contributed by atoms with Crippen molar-refractivity contribution in [2.75, 3.05) is 0 Å². The molecule has 0 aromatic rings. The topological polar surface area (TPSA) is 20.2 Å². The SMILES string of the molecule is CC#C[C@@]1(Cl)C=C(Cl)C=C[C@H]1O. The average Bonchev–Trinajstić information content (AvgIpc) is 1.98. The van der Waals surface area contributed by atoms with Crippen LogP contribution in [0, 0.1) is 11.8 Å². The fourth-order valence-electron chi connectivity index (χ4n) is 0.959. The maximum Gasteiger partial charge on any atom is 0.154 e. The summed E-state index contributed by atoms with van der Waals surface area (Å²) in [7, 11) is 0. The standard InChI is InChI=1S/C9H8Cl2O/c1-2-5-9(11)6-7(10)3-4-8(9)12/h3-4,6,8,12H,1H3/t8-,9-/m1/s1. The molecule has 1 aliphatic carbocycles. The van der Waals surface area contributed by atoms with E-state index in [-0.39, 0.29) is 0 Å². The van der Waals surface area contributed by atoms with Crippen LogP contribution in [-0.2, 0) is 0 Å². The Kier molecular flexibility index (Phi) is 2.85. The molecule has 2 atom stereocenters. The van der Waals surface area contributed by atoms with Crippen molar-refractivity contribution in [2.45, 2.75) is 17.9 Å². The summed E-state index contributed by atoms with van der Waals surface area (Å²) in [4.78, 5) is -1.05. The van der Waals surface area contributed by atoms with Crippen LogP contribution in [0.2, 0.25) is 0 Å². The molecule has 0 spiro atoms. The fraction of sp³-hybridized carbons (Fsp3) is 0.333. The molecule has 0 radical (unpaired) electrons. The van der Waals surface area contributed by atoms with Crippen LogP contribution in [0.1, 0.15) is 6.92 Å². The second-order valence-electron chi connectivity index (χ2n) is 2.48. The van der Waals surface area contributed by atoms with Crippen molar-refractivity contribution in [3.63, 3.8) is 0 Å². The molecule has 0 saturated carbocycles. The second kappa shape index (κ2) is 3.53. The molecule has 0 aromatic heterocycles. The first-order valence-electron chi connectivity index (χ1n) is 3.46. The summed E-state index contributed by atoms with van der Waals surface area (Å²) in [6.07, 6.45) is 3.87. The summed E-state index contributed by atoms with van der Waals surface area (Å²) < 4.78 is 0. The van der Waals surface area contributed by atoms with E-state index < -0.39 is 11.0 Å². The van der Waals surface area contributed by atoms with Gasteiger partial charge in [0.15, 0.2) is 4.87 Å². The number of hydrogen-bond acceptors (Lipinski definition) is 1. The first-order chi connectivity index (χ1) is 5.58. The molecular weight excluding hydrogens is 195 g/mol. The van der Waals surface area contributed by atoms with E-state index in [1.165, 1.54) is 12.2 Å². The highest BCUT2D eigenvalue weighted by Crippen LogP contribution is 2.29. The minimum atomic E-state index is -1.05. The lowest BCUT2D eigenvalue weighted by atomic mass is 9.97. The number of rotatable bonds is 0. The second-order valence-corrected chi connectivity index (χ2v) is 3.54. The van der Waals surface area contributed by atoms with Crippen LogP contribution in [0.4, 0.5) is 0 Å². The predicted octanol–water partition coefficient (Wildman–Crippen LogP) is 2.04. The predicted molar refractivity (Wildman–Crippen MR) is 51.1 cm³/mol. The number of aliphatic hydroxyl groups is 1. The van der Waals surface area contributed by atoms with Crippen molar-refractivity contribution in [1.82, 2.24) is 0 Å². The van der Waals surface area contributed by atoms with Crippen molar-refractivity contribution in [3.05, 3.63) is 23.3 Å². The Hall–Kier alpha value is -0.420. The molecular formula is C9H8Cl2O. The smallest absolute Gasteiger partial charge is 0.154 e. The minimum absolute atomic E-state index is 0.498. The van der Waals surface area contributed by atoms with Gasteiger partial charge in [0.1, 0.15) is 6.10 Å². The Morgan fingerprint density at radius 3 is 2.92 bits per heavy atom. The van der Waals surface area contributed by atoms with Gasteiger partial charge in [-0.3, -0.25) is 0 Å². The molecule has 0 aromatic carbocycles. The van der Waals surface area contributed by atoms with Gasteiger partial charge in [-0.05, 0) is 19.1 Å². The summed E-state index contributed by atoms with van der Waals surface area (Å²) in [5.74, 6) is 5.34. The molecule has 1 N–H and O–H groups in total. The minimum Gasteiger partial charge on any atom is -0.386 e. The fourth-order valence-corrected chi connectivity index (χ4v) is 1.54. The van der Waals surface area contributed by atoms with Crippen molar-refractivity contribution in [3.8, 4) is 11.8 Å². The number of aliphatic hydroxyl groups excluding tert-OH is 1. The van der Waals surface area contributed by atoms with Gasteiger partial charge in [0.05, 0.1) is 0 Å². The van der Waals surface area contributed by atoms with Gasteiger partial charge in [-0.15, -0.1) is 5.92 Å². The first-order valence-corrected chi connectivity index (χ1v) is 4.21. The normalized spacial score (nSPS) is 33.7. The van der Waals surface area contributed by atoms with Gasteiger partial charge in [0.25, 0.3) is 0 Å². The van der Waals surface area contributed by atoms with Crippen LogP contribution in [0.5, 0.6) is 0 Å². The van der Waals surface area contributed by atoms with Crippen LogP contribution in [0.3, 0.4) is 0 Å². The van der Waals surface area contributed by atoms with E-state index in [1.54, 1.807) is 13.0 Å². The largest absolute Gasteiger partial charge is 0.386 e. The molecule has 0 fully saturated rings. The highest BCUT2D eigenvalue weighted by Gasteiger charge is 2.32. The highest BCUT2D eigenvalue weighted by molar-refractivity contribution is 6.34. The maximum atomic E-state index is 9.45. The van der Waals surface area contributed by atoms with Gasteiger partial charge in [-0.2, -0.15) is 0 Å². The molecule has 12 heavy (non-hydrogen) atoms. The molecule has 1 rings (SSSR count). The van der Waals surface area contributed by atoms with Crippen LogP contribution < -0.4 is 0 Å². The van der Waals surface area contributed by atoms with Crippen LogP contribution in [-0.4, -0.2) is 16.1 Å². The number of hydrogen-bond donors (Lipinski definition) is 1. The molecule has 1 nitrogen and oxygen atoms in total. The summed E-state index contributed by atoms with van der Waals surface area (Å²) in [5.41, 5.74) is 0. The van der Waals surface area contributed by atoms with Gasteiger partial charge in [0, 0.05) is 5.03 Å². The zero-order chi connectivity index (χ0) is 9.19. The van der Waals surface area contributed by atoms with Crippen LogP contribution >= 0.6 is 23.2 Å². The highest BCUT2D eigenvalue weighted by atomic mass is 35.5. The van der Waals surface area contributed by atoms with Gasteiger partial charge in [-0.1, -0.05) is 35.2 Å². The monoisotopic (exact) mass is 202 g/mol. The van der Waals surface area contributed by atoms with Crippen molar-refractivity contribution in [1.29, 1.82) is 0 Å². The Bertz CT molecular complexity index is 295. The third kappa shape index (κ3) is 1.84. The summed E-state index contributed by atoms with van der Waals surface area (Å²) in [6.45, 7) is 1.66. The van der Waals surface area contributed by atoms with E-state index in [1.807, 2.05) is 0 Å². The summed E-state index contributed by atoms with van der Waals surface area (Å²) in [5, 5.41) is 9.95. The third-order valence-electron chi connectivity index (χ3n) is 1.53. The first kappa shape index (κ1) is 9.67. The van der Waals surface area contributed by atoms with E-state index in [2.05, 4.69) is 11.8 Å². The van der Waals surface area contributed by atoms with Crippen molar-refractivity contribution in [2.24, 2.45) is 0 Å². The molecule has 0 aliphatic heterocycles. The van der Waals surface area contributed by atoms with Crippen LogP contribution in [0.15, 0.2) is 23.3 Å². The molecule has 0 heterocycles. The Labute approximate surface area is 81.7 Å². The molecule has 3 heteroatoms. The van der Waals surface area contributed by atoms with E-state index in [9.17, 15) is 5.11 Å². The van der Waals surface area contributed by atoms with E-state index in [0.29, 0.717) is 5.03 Å². The Morgan fingerprint density at radius 2 is 2.33 bits per heavy atom. The molecule has 0 amide bonds. The molecule has 64 valence electrons. The van der Waals surface area contributed by atoms with Gasteiger partial charge in [-0.25, -0.2) is 0 Å². The lowest BCUT2D eigenvalue weighted by Gasteiger charge is -2.24. The summed E-state index contributed by atoms with van der Waals surface area (Å²) >= 11 is 11.7. The summed E-state index contributed by atoms with van der Waals surface area (Å²) in [6, 6.07) is 0. The lowest BCUT2D eigenvalue weighted by molar-refractivity contribution is 0.209. The Balaban J connectivity index is 3.02.